The van der Waals surface area contributed by atoms with E-state index in [4.69, 9.17) is 4.42 Å². The number of fused-ring (bicyclic) bond motifs is 3. The number of hydrogen-bond donors (Lipinski definition) is 0. The molecule has 0 saturated carbocycles. The van der Waals surface area contributed by atoms with Crippen LogP contribution in [-0.2, 0) is 7.05 Å². The third kappa shape index (κ3) is 2.64. The Morgan fingerprint density at radius 2 is 1.59 bits per heavy atom. The van der Waals surface area contributed by atoms with Gasteiger partial charge in [0.15, 0.2) is 6.20 Å². The fraction of sp³-hybridized carbons (Fsp3) is 0.292. The van der Waals surface area contributed by atoms with E-state index >= 15 is 0 Å². The molecule has 138 valence electrons. The summed E-state index contributed by atoms with van der Waals surface area (Å²) in [5.74, 6) is 0.237. The van der Waals surface area contributed by atoms with E-state index in [2.05, 4.69) is 63.7 Å². The predicted octanol–water partition coefficient (Wildman–Crippen LogP) is 6.27. The molecule has 0 aliphatic rings. The van der Waals surface area contributed by atoms with Gasteiger partial charge in [0.25, 0.3) is 0 Å². The van der Waals surface area contributed by atoms with Gasteiger partial charge in [-0.1, -0.05) is 26.0 Å². The average molecular weight is 362 g/mol. The maximum atomic E-state index is 14.1. The molecule has 0 radical (unpaired) electrons. The van der Waals surface area contributed by atoms with Crippen LogP contribution in [-0.4, -0.2) is 0 Å². The minimum atomic E-state index is -0.234. The summed E-state index contributed by atoms with van der Waals surface area (Å²) < 4.78 is 22.5. The van der Waals surface area contributed by atoms with Gasteiger partial charge in [-0.15, -0.1) is 0 Å². The molecule has 0 amide bonds. The van der Waals surface area contributed by atoms with Crippen molar-refractivity contribution in [1.29, 1.82) is 0 Å². The van der Waals surface area contributed by atoms with E-state index in [1.165, 1.54) is 17.2 Å². The molecule has 4 rings (SSSR count). The first-order valence-corrected chi connectivity index (χ1v) is 9.41. The van der Waals surface area contributed by atoms with Gasteiger partial charge in [-0.3, -0.25) is 0 Å². The van der Waals surface area contributed by atoms with Crippen molar-refractivity contribution in [2.75, 3.05) is 0 Å². The lowest BCUT2D eigenvalue weighted by Crippen LogP contribution is -2.32. The Bertz CT molecular complexity index is 1200. The SMILES string of the molecule is Cc1cc(-c2c(C)ccc3c2oc2c(C)c(F)ccc23)[n+](C)cc1C(C)C. The molecular formula is C24H25FNO+. The number of benzene rings is 2. The molecule has 2 nitrogen and oxygen atoms in total. The smallest absolute Gasteiger partial charge is 0.216 e. The normalized spacial score (nSPS) is 11.9. The van der Waals surface area contributed by atoms with E-state index in [1.54, 1.807) is 6.92 Å². The Balaban J connectivity index is 2.09. The molecule has 0 aliphatic carbocycles. The molecule has 0 bridgehead atoms. The lowest BCUT2D eigenvalue weighted by atomic mass is 9.95. The molecule has 0 N–H and O–H groups in total. The van der Waals surface area contributed by atoms with Gasteiger partial charge >= 0.3 is 0 Å². The molecule has 0 fully saturated rings. The number of pyridine rings is 1. The molecule has 2 aromatic heterocycles. The summed E-state index contributed by atoms with van der Waals surface area (Å²) in [6.07, 6.45) is 2.21. The van der Waals surface area contributed by atoms with Crippen molar-refractivity contribution in [3.8, 4) is 11.3 Å². The molecule has 0 spiro atoms. The van der Waals surface area contributed by atoms with E-state index in [0.29, 0.717) is 17.1 Å². The number of nitrogens with zero attached hydrogens (tertiary/aromatic N) is 1. The van der Waals surface area contributed by atoms with Gasteiger partial charge in [0.2, 0.25) is 5.69 Å². The first-order valence-electron chi connectivity index (χ1n) is 9.41. The van der Waals surface area contributed by atoms with Crippen molar-refractivity contribution in [3.63, 3.8) is 0 Å². The van der Waals surface area contributed by atoms with Crippen LogP contribution < -0.4 is 4.57 Å². The Labute approximate surface area is 159 Å². The van der Waals surface area contributed by atoms with Gasteiger partial charge < -0.3 is 4.42 Å². The topological polar surface area (TPSA) is 17.0 Å². The highest BCUT2D eigenvalue weighted by atomic mass is 19.1. The third-order valence-electron chi connectivity index (χ3n) is 5.60. The fourth-order valence-electron chi connectivity index (χ4n) is 4.05. The van der Waals surface area contributed by atoms with Crippen LogP contribution in [0.1, 0.15) is 42.0 Å². The third-order valence-corrected chi connectivity index (χ3v) is 5.60. The first-order chi connectivity index (χ1) is 12.8. The van der Waals surface area contributed by atoms with Crippen LogP contribution in [0.4, 0.5) is 4.39 Å². The zero-order chi connectivity index (χ0) is 19.5. The lowest BCUT2D eigenvalue weighted by molar-refractivity contribution is -0.660. The highest BCUT2D eigenvalue weighted by Crippen LogP contribution is 2.38. The van der Waals surface area contributed by atoms with Crippen LogP contribution in [0.3, 0.4) is 0 Å². The summed E-state index contributed by atoms with van der Waals surface area (Å²) in [4.78, 5) is 0. The second-order valence-corrected chi connectivity index (χ2v) is 7.85. The highest BCUT2D eigenvalue weighted by molar-refractivity contribution is 6.10. The number of furan rings is 1. The molecule has 0 aliphatic heterocycles. The van der Waals surface area contributed by atoms with Crippen LogP contribution in [0.15, 0.2) is 40.9 Å². The highest BCUT2D eigenvalue weighted by Gasteiger charge is 2.23. The zero-order valence-corrected chi connectivity index (χ0v) is 16.8. The summed E-state index contributed by atoms with van der Waals surface area (Å²) >= 11 is 0. The molecule has 27 heavy (non-hydrogen) atoms. The molecule has 2 heterocycles. The minimum absolute atomic E-state index is 0.234. The average Bonchev–Trinajstić information content (AvgIpc) is 2.99. The van der Waals surface area contributed by atoms with E-state index in [9.17, 15) is 4.39 Å². The molecule has 4 aromatic rings. The Kier molecular flexibility index (Phi) is 4.06. The van der Waals surface area contributed by atoms with Gasteiger partial charge in [0.1, 0.15) is 24.0 Å². The molecule has 2 aromatic carbocycles. The molecule has 0 atom stereocenters. The van der Waals surface area contributed by atoms with Crippen molar-refractivity contribution in [2.45, 2.75) is 40.5 Å². The van der Waals surface area contributed by atoms with Gasteiger partial charge in [0.05, 0.1) is 5.56 Å². The number of aromatic nitrogens is 1. The zero-order valence-electron chi connectivity index (χ0n) is 16.8. The molecule has 0 saturated heterocycles. The summed E-state index contributed by atoms with van der Waals surface area (Å²) in [5, 5.41) is 1.99. The number of rotatable bonds is 2. The maximum absolute atomic E-state index is 14.1. The van der Waals surface area contributed by atoms with Crippen molar-refractivity contribution in [3.05, 3.63) is 64.6 Å². The van der Waals surface area contributed by atoms with Gasteiger partial charge in [-0.25, -0.2) is 8.96 Å². The predicted molar refractivity (Wildman–Crippen MR) is 109 cm³/mol. The fourth-order valence-corrected chi connectivity index (χ4v) is 4.05. The summed E-state index contributed by atoms with van der Waals surface area (Å²) in [6, 6.07) is 9.77. The number of halogens is 1. The van der Waals surface area contributed by atoms with Crippen molar-refractivity contribution in [1.82, 2.24) is 0 Å². The van der Waals surface area contributed by atoms with E-state index in [1.807, 2.05) is 6.07 Å². The van der Waals surface area contributed by atoms with Gasteiger partial charge in [-0.05, 0) is 49.9 Å². The van der Waals surface area contributed by atoms with Crippen LogP contribution in [0.2, 0.25) is 0 Å². The molecule has 3 heteroatoms. The largest absolute Gasteiger partial charge is 0.455 e. The van der Waals surface area contributed by atoms with Crippen LogP contribution in [0, 0.1) is 26.6 Å². The van der Waals surface area contributed by atoms with Crippen molar-refractivity contribution >= 4 is 21.9 Å². The van der Waals surface area contributed by atoms with Gasteiger partial charge in [-0.2, -0.15) is 0 Å². The first kappa shape index (κ1) is 17.7. The Morgan fingerprint density at radius 3 is 2.30 bits per heavy atom. The minimum Gasteiger partial charge on any atom is -0.455 e. The summed E-state index contributed by atoms with van der Waals surface area (Å²) in [5.41, 5.74) is 7.96. The quantitative estimate of drug-likeness (QED) is 0.384. The second kappa shape index (κ2) is 6.19. The second-order valence-electron chi connectivity index (χ2n) is 7.85. The van der Waals surface area contributed by atoms with Crippen LogP contribution in [0.25, 0.3) is 33.2 Å². The summed E-state index contributed by atoms with van der Waals surface area (Å²) in [7, 11) is 2.08. The molecule has 0 unspecified atom stereocenters. The van der Waals surface area contributed by atoms with Crippen LogP contribution in [0.5, 0.6) is 0 Å². The standard InChI is InChI=1S/C24H25FNO/c1-13(2)19-12-26(6)21(11-15(19)4)22-14(3)7-8-18-17-9-10-20(25)16(5)23(17)27-24(18)22/h7-13H,1-6H3/q+1. The summed E-state index contributed by atoms with van der Waals surface area (Å²) in [6.45, 7) is 10.5. The lowest BCUT2D eigenvalue weighted by Gasteiger charge is -2.11. The van der Waals surface area contributed by atoms with E-state index in [-0.39, 0.29) is 5.82 Å². The van der Waals surface area contributed by atoms with Crippen LogP contribution >= 0.6 is 0 Å². The number of hydrogen-bond acceptors (Lipinski definition) is 1. The Morgan fingerprint density at radius 1 is 0.926 bits per heavy atom. The number of aryl methyl sites for hydroxylation is 4. The van der Waals surface area contributed by atoms with Crippen molar-refractivity contribution in [2.24, 2.45) is 7.05 Å². The van der Waals surface area contributed by atoms with Crippen molar-refractivity contribution < 1.29 is 13.4 Å². The maximum Gasteiger partial charge on any atom is 0.216 e. The monoisotopic (exact) mass is 362 g/mol. The molecular weight excluding hydrogens is 337 g/mol. The van der Waals surface area contributed by atoms with E-state index in [0.717, 1.165) is 33.2 Å². The van der Waals surface area contributed by atoms with E-state index < -0.39 is 0 Å². The van der Waals surface area contributed by atoms with Gasteiger partial charge in [0, 0.05) is 28.0 Å². The Hall–Kier alpha value is -2.68.